The van der Waals surface area contributed by atoms with Crippen LogP contribution in [0, 0.1) is 11.6 Å². The first kappa shape index (κ1) is 14.8. The zero-order chi connectivity index (χ0) is 14.3. The molecule has 0 bridgehead atoms. The van der Waals surface area contributed by atoms with Crippen molar-refractivity contribution in [2.75, 3.05) is 0 Å². The van der Waals surface area contributed by atoms with Gasteiger partial charge >= 0.3 is 12.1 Å². The first-order chi connectivity index (χ1) is 8.03. The van der Waals surface area contributed by atoms with Crippen LogP contribution in [0.2, 0.25) is 0 Å². The lowest BCUT2D eigenvalue weighted by molar-refractivity contribution is -0.206. The summed E-state index contributed by atoms with van der Waals surface area (Å²) in [5.41, 5.74) is -1.24. The van der Waals surface area contributed by atoms with Crippen molar-refractivity contribution in [2.24, 2.45) is 5.73 Å². The van der Waals surface area contributed by atoms with E-state index in [9.17, 15) is 26.7 Å². The van der Waals surface area contributed by atoms with Crippen molar-refractivity contribution in [3.05, 3.63) is 33.8 Å². The maximum absolute atomic E-state index is 13.5. The minimum absolute atomic E-state index is 0.485. The van der Waals surface area contributed by atoms with E-state index >= 15 is 0 Å². The minimum Gasteiger partial charge on any atom is -0.479 e. The molecular formula is C9H5BrF5NO2. The van der Waals surface area contributed by atoms with Gasteiger partial charge in [0.2, 0.25) is 5.54 Å². The van der Waals surface area contributed by atoms with Crippen molar-refractivity contribution in [2.45, 2.75) is 11.7 Å². The third-order valence-corrected chi connectivity index (χ3v) is 2.84. The summed E-state index contributed by atoms with van der Waals surface area (Å²) in [6.45, 7) is 0. The molecule has 0 radical (unpaired) electrons. The van der Waals surface area contributed by atoms with Crippen LogP contribution in [-0.2, 0) is 10.3 Å². The summed E-state index contributed by atoms with van der Waals surface area (Å²) >= 11 is 2.53. The van der Waals surface area contributed by atoms with Gasteiger partial charge in [0.1, 0.15) is 11.6 Å². The van der Waals surface area contributed by atoms with E-state index in [1.54, 1.807) is 0 Å². The van der Waals surface area contributed by atoms with Gasteiger partial charge in [-0.15, -0.1) is 0 Å². The molecule has 0 spiro atoms. The van der Waals surface area contributed by atoms with Gasteiger partial charge in [0.25, 0.3) is 0 Å². The zero-order valence-corrected chi connectivity index (χ0v) is 9.94. The lowest BCUT2D eigenvalue weighted by Crippen LogP contribution is -2.57. The van der Waals surface area contributed by atoms with Gasteiger partial charge in [-0.3, -0.25) is 0 Å². The second-order valence-corrected chi connectivity index (χ2v) is 4.18. The maximum atomic E-state index is 13.5. The van der Waals surface area contributed by atoms with Crippen LogP contribution in [-0.4, -0.2) is 17.3 Å². The van der Waals surface area contributed by atoms with Crippen molar-refractivity contribution in [3.63, 3.8) is 0 Å². The van der Waals surface area contributed by atoms with Crippen molar-refractivity contribution in [3.8, 4) is 0 Å². The topological polar surface area (TPSA) is 63.3 Å². The fraction of sp³-hybridized carbons (Fsp3) is 0.222. The molecule has 0 aliphatic carbocycles. The molecule has 3 nitrogen and oxygen atoms in total. The lowest BCUT2D eigenvalue weighted by Gasteiger charge is -2.28. The van der Waals surface area contributed by atoms with Crippen LogP contribution in [0.3, 0.4) is 0 Å². The number of carboxylic acid groups (broad SMARTS) is 1. The summed E-state index contributed by atoms with van der Waals surface area (Å²) in [6, 6.07) is 1.28. The molecule has 1 rings (SSSR count). The monoisotopic (exact) mass is 333 g/mol. The third kappa shape index (κ3) is 2.07. The average molecular weight is 334 g/mol. The first-order valence-electron chi connectivity index (χ1n) is 4.26. The zero-order valence-electron chi connectivity index (χ0n) is 8.36. The van der Waals surface area contributed by atoms with E-state index < -0.39 is 39.4 Å². The fourth-order valence-corrected chi connectivity index (χ4v) is 1.59. The number of nitrogens with two attached hydrogens (primary N) is 1. The third-order valence-electron chi connectivity index (χ3n) is 2.22. The fourth-order valence-electron chi connectivity index (χ4n) is 1.26. The summed E-state index contributed by atoms with van der Waals surface area (Å²) in [5, 5.41) is 8.57. The van der Waals surface area contributed by atoms with E-state index in [1.807, 2.05) is 0 Å². The average Bonchev–Trinajstić information content (AvgIpc) is 2.22. The van der Waals surface area contributed by atoms with E-state index in [1.165, 1.54) is 0 Å². The molecule has 3 N–H and O–H groups in total. The van der Waals surface area contributed by atoms with Crippen molar-refractivity contribution in [1.29, 1.82) is 0 Å². The number of rotatable bonds is 2. The number of alkyl halides is 3. The van der Waals surface area contributed by atoms with Crippen LogP contribution in [0.4, 0.5) is 22.0 Å². The molecule has 0 aromatic heterocycles. The predicted molar refractivity (Wildman–Crippen MR) is 53.6 cm³/mol. The molecule has 9 heteroatoms. The smallest absolute Gasteiger partial charge is 0.421 e. The van der Waals surface area contributed by atoms with E-state index in [-0.39, 0.29) is 0 Å². The Labute approximate surface area is 106 Å². The SMILES string of the molecule is NC(C(=O)O)(c1c(F)ccc(Br)c1F)C(F)(F)F. The Bertz CT molecular complexity index is 504. The molecule has 18 heavy (non-hydrogen) atoms. The van der Waals surface area contributed by atoms with Crippen molar-refractivity contribution < 1.29 is 31.9 Å². The Morgan fingerprint density at radius 2 is 1.78 bits per heavy atom. The Balaban J connectivity index is 3.71. The Morgan fingerprint density at radius 1 is 1.28 bits per heavy atom. The largest absolute Gasteiger partial charge is 0.479 e. The van der Waals surface area contributed by atoms with Gasteiger partial charge in [0.15, 0.2) is 0 Å². The van der Waals surface area contributed by atoms with Gasteiger partial charge in [-0.05, 0) is 28.1 Å². The standard InChI is InChI=1S/C9H5BrF5NO2/c10-3-1-2-4(11)5(6(3)12)8(16,7(17)18)9(13,14)15/h1-2H,16H2,(H,17,18). The number of aliphatic carboxylic acids is 1. The molecule has 0 saturated heterocycles. The van der Waals surface area contributed by atoms with E-state index in [0.29, 0.717) is 6.07 Å². The highest BCUT2D eigenvalue weighted by atomic mass is 79.9. The number of hydrogen-bond acceptors (Lipinski definition) is 2. The number of halogens is 6. The highest BCUT2D eigenvalue weighted by Crippen LogP contribution is 2.40. The maximum Gasteiger partial charge on any atom is 0.421 e. The number of hydrogen-bond donors (Lipinski definition) is 2. The highest BCUT2D eigenvalue weighted by molar-refractivity contribution is 9.10. The van der Waals surface area contributed by atoms with Gasteiger partial charge in [0.05, 0.1) is 10.0 Å². The van der Waals surface area contributed by atoms with E-state index in [4.69, 9.17) is 5.11 Å². The van der Waals surface area contributed by atoms with E-state index in [0.717, 1.165) is 6.07 Å². The van der Waals surface area contributed by atoms with Crippen LogP contribution in [0.25, 0.3) is 0 Å². The summed E-state index contributed by atoms with van der Waals surface area (Å²) in [4.78, 5) is 10.7. The van der Waals surface area contributed by atoms with Gasteiger partial charge in [-0.2, -0.15) is 13.2 Å². The molecule has 1 aromatic carbocycles. The van der Waals surface area contributed by atoms with Crippen LogP contribution in [0.5, 0.6) is 0 Å². The summed E-state index contributed by atoms with van der Waals surface area (Å²) in [6.07, 6.45) is -5.57. The molecule has 100 valence electrons. The summed E-state index contributed by atoms with van der Waals surface area (Å²) in [5.74, 6) is -6.01. The molecule has 0 saturated carbocycles. The molecule has 1 unspecified atom stereocenters. The van der Waals surface area contributed by atoms with Gasteiger partial charge in [-0.1, -0.05) is 0 Å². The number of benzene rings is 1. The molecule has 0 amide bonds. The van der Waals surface area contributed by atoms with Crippen molar-refractivity contribution >= 4 is 21.9 Å². The second-order valence-electron chi connectivity index (χ2n) is 3.33. The molecular weight excluding hydrogens is 329 g/mol. The molecule has 0 heterocycles. The first-order valence-corrected chi connectivity index (χ1v) is 5.05. The Kier molecular flexibility index (Phi) is 3.68. The second kappa shape index (κ2) is 4.47. The minimum atomic E-state index is -5.57. The summed E-state index contributed by atoms with van der Waals surface area (Å²) in [7, 11) is 0. The van der Waals surface area contributed by atoms with Crippen LogP contribution < -0.4 is 5.73 Å². The van der Waals surface area contributed by atoms with E-state index in [2.05, 4.69) is 21.7 Å². The predicted octanol–water partition coefficient (Wildman–Crippen LogP) is 2.53. The molecule has 0 aliphatic rings. The quantitative estimate of drug-likeness (QED) is 0.645. The molecule has 1 aromatic rings. The van der Waals surface area contributed by atoms with Gasteiger partial charge in [-0.25, -0.2) is 13.6 Å². The molecule has 0 aliphatic heterocycles. The lowest BCUT2D eigenvalue weighted by atomic mass is 9.89. The molecule has 1 atom stereocenters. The van der Waals surface area contributed by atoms with Gasteiger partial charge in [0, 0.05) is 0 Å². The highest BCUT2D eigenvalue weighted by Gasteiger charge is 2.62. The Morgan fingerprint density at radius 3 is 2.17 bits per heavy atom. The Hall–Kier alpha value is -1.22. The normalized spacial score (nSPS) is 15.3. The van der Waals surface area contributed by atoms with Gasteiger partial charge < -0.3 is 10.8 Å². The van der Waals surface area contributed by atoms with Crippen molar-refractivity contribution in [1.82, 2.24) is 0 Å². The molecule has 0 fully saturated rings. The van der Waals surface area contributed by atoms with Crippen LogP contribution in [0.15, 0.2) is 16.6 Å². The number of carbonyl (C=O) groups is 1. The van der Waals surface area contributed by atoms with Crippen LogP contribution >= 0.6 is 15.9 Å². The van der Waals surface area contributed by atoms with Crippen LogP contribution in [0.1, 0.15) is 5.56 Å². The summed E-state index contributed by atoms with van der Waals surface area (Å²) < 4.78 is 64.3. The number of carboxylic acids is 1.